The lowest BCUT2D eigenvalue weighted by Gasteiger charge is -2.24. The summed E-state index contributed by atoms with van der Waals surface area (Å²) in [6.45, 7) is 4.20. The lowest BCUT2D eigenvalue weighted by molar-refractivity contribution is -0.870. The van der Waals surface area contributed by atoms with Crippen LogP contribution < -0.4 is 0 Å². The first-order valence-corrected chi connectivity index (χ1v) is 33.5. The minimum Gasteiger partial charge on any atom is -0.462 e. The van der Waals surface area contributed by atoms with Gasteiger partial charge in [-0.15, -0.1) is 0 Å². The number of nitrogens with zero attached hydrogens (tertiary/aromatic N) is 1. The molecule has 0 saturated carbocycles. The lowest BCUT2D eigenvalue weighted by atomic mass is 10.0. The molecule has 9 nitrogen and oxygen atoms in total. The summed E-state index contributed by atoms with van der Waals surface area (Å²) in [5.74, 6) is -0.942. The van der Waals surface area contributed by atoms with E-state index in [0.717, 1.165) is 57.8 Å². The van der Waals surface area contributed by atoms with E-state index in [9.17, 15) is 19.0 Å². The molecule has 0 amide bonds. The van der Waals surface area contributed by atoms with Crippen molar-refractivity contribution < 1.29 is 42.1 Å². The molecule has 2 unspecified atom stereocenters. The molecular formula is C68H121NO8P+. The number of phosphoric ester groups is 1. The van der Waals surface area contributed by atoms with Crippen LogP contribution in [0.3, 0.4) is 0 Å². The van der Waals surface area contributed by atoms with E-state index in [1.807, 2.05) is 33.3 Å². The molecule has 0 aromatic rings. The van der Waals surface area contributed by atoms with Gasteiger partial charge in [-0.2, -0.15) is 0 Å². The summed E-state index contributed by atoms with van der Waals surface area (Å²) >= 11 is 0. The van der Waals surface area contributed by atoms with E-state index >= 15 is 0 Å². The number of rotatable bonds is 58. The smallest absolute Gasteiger partial charge is 0.462 e. The van der Waals surface area contributed by atoms with Crippen LogP contribution in [-0.4, -0.2) is 74.9 Å². The van der Waals surface area contributed by atoms with E-state index in [1.165, 1.54) is 180 Å². The van der Waals surface area contributed by atoms with Gasteiger partial charge in [0.25, 0.3) is 0 Å². The second kappa shape index (κ2) is 58.6. The van der Waals surface area contributed by atoms with Crippen molar-refractivity contribution in [1.29, 1.82) is 0 Å². The van der Waals surface area contributed by atoms with Crippen molar-refractivity contribution >= 4 is 19.8 Å². The van der Waals surface area contributed by atoms with Crippen LogP contribution >= 0.6 is 7.82 Å². The second-order valence-corrected chi connectivity index (χ2v) is 23.9. The highest BCUT2D eigenvalue weighted by molar-refractivity contribution is 7.47. The average Bonchev–Trinajstić information content (AvgIpc) is 3.41. The molecule has 0 bridgehead atoms. The molecule has 78 heavy (non-hydrogen) atoms. The van der Waals surface area contributed by atoms with Crippen molar-refractivity contribution in [2.24, 2.45) is 0 Å². The Balaban J connectivity index is 3.95. The molecule has 0 heterocycles. The highest BCUT2D eigenvalue weighted by Gasteiger charge is 2.27. The summed E-state index contributed by atoms with van der Waals surface area (Å²) in [5, 5.41) is 0. The fraction of sp³-hybridized carbons (Fsp3) is 0.735. The van der Waals surface area contributed by atoms with Crippen molar-refractivity contribution in [3.05, 3.63) is 97.2 Å². The largest absolute Gasteiger partial charge is 0.472 e. The third kappa shape index (κ3) is 62.1. The molecule has 0 spiro atoms. The monoisotopic (exact) mass is 1110 g/mol. The fourth-order valence-electron chi connectivity index (χ4n) is 8.75. The van der Waals surface area contributed by atoms with Crippen LogP contribution in [0.5, 0.6) is 0 Å². The highest BCUT2D eigenvalue weighted by atomic mass is 31.2. The van der Waals surface area contributed by atoms with E-state index in [2.05, 4.69) is 92.8 Å². The van der Waals surface area contributed by atoms with Gasteiger partial charge in [0.2, 0.25) is 0 Å². The molecule has 450 valence electrons. The number of likely N-dealkylation sites (N-methyl/N-ethyl adjacent to an activating group) is 1. The zero-order chi connectivity index (χ0) is 57.0. The Bertz CT molecular complexity index is 1640. The molecule has 1 N–H and O–H groups in total. The number of quaternary nitrogens is 1. The quantitative estimate of drug-likeness (QED) is 0.0211. The zero-order valence-electron chi connectivity index (χ0n) is 51.1. The van der Waals surface area contributed by atoms with Gasteiger partial charge in [-0.25, -0.2) is 4.57 Å². The third-order valence-corrected chi connectivity index (χ3v) is 14.6. The molecule has 0 aliphatic carbocycles. The maximum atomic E-state index is 12.7. The van der Waals surface area contributed by atoms with Gasteiger partial charge in [0, 0.05) is 6.42 Å². The van der Waals surface area contributed by atoms with Crippen molar-refractivity contribution in [3.63, 3.8) is 0 Å². The molecule has 0 rings (SSSR count). The number of hydrogen-bond acceptors (Lipinski definition) is 7. The fourth-order valence-corrected chi connectivity index (χ4v) is 9.49. The first-order chi connectivity index (χ1) is 38.0. The second-order valence-electron chi connectivity index (χ2n) is 22.4. The zero-order valence-corrected chi connectivity index (χ0v) is 52.0. The van der Waals surface area contributed by atoms with Crippen molar-refractivity contribution in [1.82, 2.24) is 0 Å². The minimum absolute atomic E-state index is 0.00631. The molecule has 0 aromatic heterocycles. The molecule has 0 saturated heterocycles. The van der Waals surface area contributed by atoms with E-state index < -0.39 is 32.5 Å². The number of carbonyl (C=O) groups is 2. The Morgan fingerprint density at radius 3 is 1.15 bits per heavy atom. The van der Waals surface area contributed by atoms with Crippen molar-refractivity contribution in [2.45, 2.75) is 277 Å². The van der Waals surface area contributed by atoms with Gasteiger partial charge in [-0.05, 0) is 77.0 Å². The maximum Gasteiger partial charge on any atom is 0.472 e. The van der Waals surface area contributed by atoms with Crippen LogP contribution in [0.1, 0.15) is 271 Å². The van der Waals surface area contributed by atoms with Crippen molar-refractivity contribution in [2.75, 3.05) is 47.5 Å². The Labute approximate surface area is 481 Å². The van der Waals surface area contributed by atoms with E-state index in [-0.39, 0.29) is 26.1 Å². The van der Waals surface area contributed by atoms with Gasteiger partial charge in [-0.1, -0.05) is 278 Å². The average molecular weight is 1110 g/mol. The first-order valence-electron chi connectivity index (χ1n) is 32.0. The van der Waals surface area contributed by atoms with Crippen LogP contribution in [0, 0.1) is 0 Å². The van der Waals surface area contributed by atoms with Crippen molar-refractivity contribution in [3.8, 4) is 0 Å². The number of unbranched alkanes of at least 4 members (excludes halogenated alkanes) is 29. The van der Waals surface area contributed by atoms with Gasteiger partial charge < -0.3 is 18.9 Å². The molecular weight excluding hydrogens is 990 g/mol. The van der Waals surface area contributed by atoms with E-state index in [1.54, 1.807) is 6.08 Å². The maximum absolute atomic E-state index is 12.7. The molecule has 0 radical (unpaired) electrons. The summed E-state index contributed by atoms with van der Waals surface area (Å²) in [5.41, 5.74) is 0. The predicted molar refractivity (Wildman–Crippen MR) is 335 cm³/mol. The topological polar surface area (TPSA) is 108 Å². The van der Waals surface area contributed by atoms with Gasteiger partial charge >= 0.3 is 19.8 Å². The van der Waals surface area contributed by atoms with Crippen LogP contribution in [0.4, 0.5) is 0 Å². The Morgan fingerprint density at radius 2 is 0.769 bits per heavy atom. The normalized spacial score (nSPS) is 13.9. The summed E-state index contributed by atoms with van der Waals surface area (Å²) in [6, 6.07) is 0. The van der Waals surface area contributed by atoms with Gasteiger partial charge in [0.05, 0.1) is 34.2 Å². The Kier molecular flexibility index (Phi) is 56.3. The SMILES string of the molecule is CC/C=C\C/C=C\C/C=C\C/C=C\C/C=C\CC(=O)OC(COC(=O)CCCCCCCCCCCCCCCCCCCCCCCCCC/C=C\C/C=C\C/C=C\CCCCCCC)COP(=O)(O)OCC[N+](C)(C)C. The van der Waals surface area contributed by atoms with E-state index in [0.29, 0.717) is 17.4 Å². The molecule has 0 aliphatic heterocycles. The minimum atomic E-state index is -4.41. The Hall–Kier alpha value is -3.07. The van der Waals surface area contributed by atoms with Crippen LogP contribution in [-0.2, 0) is 32.7 Å². The number of allylic oxidation sites excluding steroid dienone is 15. The van der Waals surface area contributed by atoms with Gasteiger partial charge in [-0.3, -0.25) is 18.6 Å². The number of carbonyl (C=O) groups excluding carboxylic acids is 2. The van der Waals surface area contributed by atoms with Gasteiger partial charge in [0.15, 0.2) is 6.10 Å². The van der Waals surface area contributed by atoms with Crippen LogP contribution in [0.15, 0.2) is 97.2 Å². The van der Waals surface area contributed by atoms with Crippen LogP contribution in [0.2, 0.25) is 0 Å². The predicted octanol–water partition coefficient (Wildman–Crippen LogP) is 20.4. The summed E-state index contributed by atoms with van der Waals surface area (Å²) in [4.78, 5) is 35.6. The number of phosphoric acid groups is 1. The molecule has 0 aliphatic rings. The van der Waals surface area contributed by atoms with Crippen LogP contribution in [0.25, 0.3) is 0 Å². The summed E-state index contributed by atoms with van der Waals surface area (Å²) in [7, 11) is 1.42. The standard InChI is InChI=1S/C68H120NO8P/c1-6-8-10-12-14-16-18-20-22-23-24-25-26-27-28-29-30-31-32-33-34-35-36-37-38-39-40-41-42-43-44-45-47-48-50-52-54-56-58-60-67(70)74-64-66(65-76-78(72,73)75-63-62-69(3,4)5)77-68(71)61-59-57-55-53-51-49-46-21-19-17-15-13-11-9-7-2/h9,11,15,17-18,20-21,23-24,26-27,46,51,53,57,59,66H,6-8,10,12-14,16,19,22,25,28-45,47-50,52,54-56,58,60-65H2,1-5H3/p+1/b11-9-,17-15-,20-18-,24-23-,27-26-,46-21-,53-51-,59-57-. The lowest BCUT2D eigenvalue weighted by Crippen LogP contribution is -2.37. The summed E-state index contributed by atoms with van der Waals surface area (Å²) < 4.78 is 34.4. The van der Waals surface area contributed by atoms with Gasteiger partial charge in [0.1, 0.15) is 19.8 Å². The molecule has 10 heteroatoms. The number of esters is 2. The number of hydrogen-bond donors (Lipinski definition) is 1. The van der Waals surface area contributed by atoms with E-state index in [4.69, 9.17) is 18.5 Å². The molecule has 2 atom stereocenters. The molecule has 0 aromatic carbocycles. The highest BCUT2D eigenvalue weighted by Crippen LogP contribution is 2.43. The first kappa shape index (κ1) is 74.9. The third-order valence-electron chi connectivity index (χ3n) is 13.6. The number of ether oxygens (including phenoxy) is 2. The Morgan fingerprint density at radius 1 is 0.423 bits per heavy atom. The molecule has 0 fully saturated rings. The summed E-state index contributed by atoms with van der Waals surface area (Å²) in [6.07, 6.45) is 81.3.